The van der Waals surface area contributed by atoms with Crippen LogP contribution in [0.15, 0.2) is 4.99 Å². The van der Waals surface area contributed by atoms with Crippen LogP contribution in [0.4, 0.5) is 0 Å². The van der Waals surface area contributed by atoms with Crippen molar-refractivity contribution in [1.29, 1.82) is 0 Å². The Bertz CT molecular complexity index is 155. The third-order valence-electron chi connectivity index (χ3n) is 0.525. The Labute approximate surface area is 53.8 Å². The Morgan fingerprint density at radius 3 is 2.33 bits per heavy atom. The van der Waals surface area contributed by atoms with Gasteiger partial charge in [0.2, 0.25) is 0 Å². The lowest BCUT2D eigenvalue weighted by Gasteiger charge is -1.97. The highest BCUT2D eigenvalue weighted by Gasteiger charge is 2.09. The van der Waals surface area contributed by atoms with E-state index in [2.05, 4.69) is 11.9 Å². The van der Waals surface area contributed by atoms with Gasteiger partial charge in [0.15, 0.2) is 0 Å². The summed E-state index contributed by atoms with van der Waals surface area (Å²) in [4.78, 5) is 19.9. The zero-order chi connectivity index (χ0) is 7.49. The maximum atomic E-state index is 10.1. The van der Waals surface area contributed by atoms with E-state index in [-0.39, 0.29) is 0 Å². The van der Waals surface area contributed by atoms with E-state index in [4.69, 9.17) is 9.79 Å². The van der Waals surface area contributed by atoms with E-state index in [1.165, 1.54) is 0 Å². The number of hydrogen-bond acceptors (Lipinski definition) is 2. The minimum absolute atomic E-state index is 0.429. The molecule has 0 aliphatic carbocycles. The van der Waals surface area contributed by atoms with Crippen molar-refractivity contribution >= 4 is 13.3 Å². The van der Waals surface area contributed by atoms with Gasteiger partial charge >= 0.3 is 7.60 Å². The van der Waals surface area contributed by atoms with Gasteiger partial charge in [0.1, 0.15) is 6.29 Å². The predicted molar refractivity (Wildman–Crippen MR) is 35.4 cm³/mol. The molecule has 53 valence electrons. The lowest BCUT2D eigenvalue weighted by atomic mass is 10.5. The van der Waals surface area contributed by atoms with Gasteiger partial charge in [0, 0.05) is 5.71 Å². The first-order valence-electron chi connectivity index (χ1n) is 2.29. The smallest absolute Gasteiger partial charge is 0.323 e. The van der Waals surface area contributed by atoms with Crippen LogP contribution in [-0.4, -0.2) is 21.8 Å². The molecule has 0 spiro atoms. The SMILES string of the molecule is [CH2]C(C)=NCP(=O)(O)O. The average molecular weight is 150 g/mol. The molecule has 0 aromatic carbocycles. The lowest BCUT2D eigenvalue weighted by molar-refractivity contribution is 0.374. The lowest BCUT2D eigenvalue weighted by Crippen LogP contribution is -1.87. The minimum atomic E-state index is -3.95. The van der Waals surface area contributed by atoms with E-state index in [0.29, 0.717) is 5.71 Å². The monoisotopic (exact) mass is 150 g/mol. The molecule has 0 fully saturated rings. The third-order valence-corrected chi connectivity index (χ3v) is 1.03. The second-order valence-corrected chi connectivity index (χ2v) is 3.31. The highest BCUT2D eigenvalue weighted by atomic mass is 31.2. The van der Waals surface area contributed by atoms with Gasteiger partial charge in [-0.25, -0.2) is 0 Å². The fraction of sp³-hybridized carbons (Fsp3) is 0.500. The molecule has 0 aliphatic heterocycles. The summed E-state index contributed by atoms with van der Waals surface area (Å²) in [6.45, 7) is 4.93. The van der Waals surface area contributed by atoms with Gasteiger partial charge in [-0.1, -0.05) is 0 Å². The molecule has 9 heavy (non-hydrogen) atoms. The van der Waals surface area contributed by atoms with E-state index in [0.717, 1.165) is 0 Å². The topological polar surface area (TPSA) is 69.9 Å². The number of rotatable bonds is 2. The summed E-state index contributed by atoms with van der Waals surface area (Å²) in [7, 11) is -3.95. The first-order chi connectivity index (χ1) is 3.92. The van der Waals surface area contributed by atoms with Gasteiger partial charge in [0.25, 0.3) is 0 Å². The van der Waals surface area contributed by atoms with Crippen molar-refractivity contribution < 1.29 is 14.4 Å². The molecular formula is C4H9NO3P. The van der Waals surface area contributed by atoms with E-state index < -0.39 is 13.9 Å². The fourth-order valence-electron chi connectivity index (χ4n) is 0.213. The Balaban J connectivity index is 3.79. The first-order valence-corrected chi connectivity index (χ1v) is 4.09. The van der Waals surface area contributed by atoms with Crippen LogP contribution in [0, 0.1) is 6.92 Å². The summed E-state index contributed by atoms with van der Waals surface area (Å²) in [5.74, 6) is 0. The van der Waals surface area contributed by atoms with Gasteiger partial charge in [-0.05, 0) is 13.8 Å². The van der Waals surface area contributed by atoms with E-state index in [1.54, 1.807) is 6.92 Å². The van der Waals surface area contributed by atoms with Crippen LogP contribution in [0.3, 0.4) is 0 Å². The number of nitrogens with zero attached hydrogens (tertiary/aromatic N) is 1. The molecule has 0 saturated heterocycles. The Morgan fingerprint density at radius 2 is 2.22 bits per heavy atom. The Kier molecular flexibility index (Phi) is 3.04. The van der Waals surface area contributed by atoms with Crippen molar-refractivity contribution in [1.82, 2.24) is 0 Å². The summed E-state index contributed by atoms with van der Waals surface area (Å²) < 4.78 is 10.1. The van der Waals surface area contributed by atoms with Crippen LogP contribution >= 0.6 is 7.60 Å². The molecular weight excluding hydrogens is 141 g/mol. The highest BCUT2D eigenvalue weighted by Crippen LogP contribution is 2.33. The summed E-state index contributed by atoms with van der Waals surface area (Å²) >= 11 is 0. The number of aliphatic imine (C=N–C) groups is 1. The zero-order valence-corrected chi connectivity index (χ0v) is 6.01. The Hall–Kier alpha value is -0.180. The normalized spacial score (nSPS) is 14.0. The number of hydrogen-bond donors (Lipinski definition) is 2. The van der Waals surface area contributed by atoms with Gasteiger partial charge in [-0.15, -0.1) is 0 Å². The molecule has 0 atom stereocenters. The zero-order valence-electron chi connectivity index (χ0n) is 5.11. The van der Waals surface area contributed by atoms with E-state index in [9.17, 15) is 4.57 Å². The highest BCUT2D eigenvalue weighted by molar-refractivity contribution is 7.51. The van der Waals surface area contributed by atoms with E-state index in [1.807, 2.05) is 0 Å². The van der Waals surface area contributed by atoms with Crippen LogP contribution < -0.4 is 0 Å². The summed E-state index contributed by atoms with van der Waals surface area (Å²) in [6, 6.07) is 0. The fourth-order valence-corrected chi connectivity index (χ4v) is 0.638. The predicted octanol–water partition coefficient (Wildman–Crippen LogP) is 0.417. The van der Waals surface area contributed by atoms with Gasteiger partial charge in [0.05, 0.1) is 0 Å². The molecule has 5 heteroatoms. The molecule has 4 nitrogen and oxygen atoms in total. The molecule has 0 saturated carbocycles. The molecule has 0 rings (SSSR count). The minimum Gasteiger partial charge on any atom is -0.323 e. The second-order valence-electron chi connectivity index (χ2n) is 1.70. The Morgan fingerprint density at radius 1 is 1.78 bits per heavy atom. The summed E-state index contributed by atoms with van der Waals surface area (Å²) in [6.07, 6.45) is -0.456. The van der Waals surface area contributed by atoms with Crippen molar-refractivity contribution in [2.24, 2.45) is 4.99 Å². The largest absolute Gasteiger partial charge is 0.346 e. The van der Waals surface area contributed by atoms with Crippen molar-refractivity contribution in [2.45, 2.75) is 6.92 Å². The molecule has 2 N–H and O–H groups in total. The quantitative estimate of drug-likeness (QED) is 0.442. The standard InChI is InChI=1S/C4H9NO3P/c1-4(2)5-3-9(6,7)8/h1,3H2,2H3,(H2,6,7,8). The van der Waals surface area contributed by atoms with E-state index >= 15 is 0 Å². The molecule has 0 amide bonds. The second kappa shape index (κ2) is 3.11. The van der Waals surface area contributed by atoms with Crippen molar-refractivity contribution in [3.63, 3.8) is 0 Å². The summed E-state index contributed by atoms with van der Waals surface area (Å²) in [5, 5.41) is 0. The van der Waals surface area contributed by atoms with Crippen molar-refractivity contribution in [3.05, 3.63) is 6.92 Å². The molecule has 0 aromatic heterocycles. The average Bonchev–Trinajstić information content (AvgIpc) is 1.59. The maximum Gasteiger partial charge on any atom is 0.346 e. The third kappa shape index (κ3) is 7.82. The van der Waals surface area contributed by atoms with Crippen molar-refractivity contribution in [2.75, 3.05) is 6.29 Å². The molecule has 1 radical (unpaired) electrons. The van der Waals surface area contributed by atoms with Crippen LogP contribution in [0.1, 0.15) is 6.92 Å². The van der Waals surface area contributed by atoms with Crippen molar-refractivity contribution in [3.8, 4) is 0 Å². The maximum absolute atomic E-state index is 10.1. The van der Waals surface area contributed by atoms with Gasteiger partial charge < -0.3 is 9.79 Å². The molecule has 0 heterocycles. The van der Waals surface area contributed by atoms with Crippen LogP contribution in [0.2, 0.25) is 0 Å². The molecule has 0 aromatic rings. The molecule has 0 aliphatic rings. The first kappa shape index (κ1) is 8.82. The van der Waals surface area contributed by atoms with Gasteiger partial charge in [-0.3, -0.25) is 9.56 Å². The van der Waals surface area contributed by atoms with Crippen LogP contribution in [-0.2, 0) is 4.57 Å². The van der Waals surface area contributed by atoms with Crippen LogP contribution in [0.25, 0.3) is 0 Å². The molecule has 0 unspecified atom stereocenters. The van der Waals surface area contributed by atoms with Crippen LogP contribution in [0.5, 0.6) is 0 Å². The molecule has 0 bridgehead atoms. The van der Waals surface area contributed by atoms with Gasteiger partial charge in [-0.2, -0.15) is 0 Å². The summed E-state index contributed by atoms with van der Waals surface area (Å²) in [5.41, 5.74) is 0.429.